The molecule has 1 aromatic carbocycles. The number of nitrogens with one attached hydrogen (secondary N) is 2. The zero-order chi connectivity index (χ0) is 20.5. The maximum atomic E-state index is 13.9. The third-order valence-corrected chi connectivity index (χ3v) is 5.33. The fourth-order valence-electron chi connectivity index (χ4n) is 3.73. The lowest BCUT2D eigenvalue weighted by Crippen LogP contribution is -2.42. The van der Waals surface area contributed by atoms with E-state index in [1.807, 2.05) is 0 Å². The molecule has 0 saturated heterocycles. The van der Waals surface area contributed by atoms with E-state index in [1.165, 1.54) is 31.1 Å². The van der Waals surface area contributed by atoms with Gasteiger partial charge in [-0.3, -0.25) is 9.59 Å². The number of primary amides is 1. The van der Waals surface area contributed by atoms with E-state index in [-0.39, 0.29) is 11.3 Å². The van der Waals surface area contributed by atoms with Crippen molar-refractivity contribution in [3.8, 4) is 0 Å². The first kappa shape index (κ1) is 22.0. The zero-order valence-corrected chi connectivity index (χ0v) is 16.7. The van der Waals surface area contributed by atoms with Gasteiger partial charge in [0.25, 0.3) is 0 Å². The molecule has 6 nitrogen and oxygen atoms in total. The smallest absolute Gasteiger partial charge is 0.248 e. The molecule has 0 radical (unpaired) electrons. The molecule has 0 aliphatic heterocycles. The van der Waals surface area contributed by atoms with Crippen molar-refractivity contribution in [3.05, 3.63) is 41.7 Å². The van der Waals surface area contributed by atoms with Crippen LogP contribution in [-0.2, 0) is 4.79 Å². The van der Waals surface area contributed by atoms with Crippen molar-refractivity contribution < 1.29 is 14.0 Å². The molecule has 0 unspecified atom stereocenters. The summed E-state index contributed by atoms with van der Waals surface area (Å²) < 4.78 is 13.9. The molecule has 28 heavy (non-hydrogen) atoms. The van der Waals surface area contributed by atoms with Crippen molar-refractivity contribution in [2.45, 2.75) is 51.6 Å². The molecule has 154 valence electrons. The lowest BCUT2D eigenvalue weighted by molar-refractivity contribution is -0.111. The van der Waals surface area contributed by atoms with E-state index in [9.17, 15) is 14.0 Å². The number of rotatable bonds is 9. The third-order valence-electron chi connectivity index (χ3n) is 5.33. The largest absolute Gasteiger partial charge is 0.366 e. The summed E-state index contributed by atoms with van der Waals surface area (Å²) in [6.45, 7) is 7.21. The number of hydrogen-bond donors (Lipinski definition) is 3. The third kappa shape index (κ3) is 6.42. The van der Waals surface area contributed by atoms with Crippen molar-refractivity contribution >= 4 is 17.5 Å². The molecule has 1 fully saturated rings. The van der Waals surface area contributed by atoms with E-state index >= 15 is 0 Å². The Morgan fingerprint density at radius 2 is 1.89 bits per heavy atom. The number of nitrogens with two attached hydrogens (primary N) is 1. The van der Waals surface area contributed by atoms with Gasteiger partial charge in [-0.25, -0.2) is 4.39 Å². The van der Waals surface area contributed by atoms with Crippen molar-refractivity contribution in [1.82, 2.24) is 10.2 Å². The molecule has 1 saturated carbocycles. The van der Waals surface area contributed by atoms with Crippen LogP contribution in [-0.4, -0.2) is 48.4 Å². The summed E-state index contributed by atoms with van der Waals surface area (Å²) in [6.07, 6.45) is 7.79. The summed E-state index contributed by atoms with van der Waals surface area (Å²) >= 11 is 0. The van der Waals surface area contributed by atoms with Gasteiger partial charge in [-0.05, 0) is 57.0 Å². The molecule has 0 atom stereocenters. The van der Waals surface area contributed by atoms with Crippen LogP contribution in [0.3, 0.4) is 0 Å². The maximum absolute atomic E-state index is 13.9. The molecule has 0 aromatic heterocycles. The summed E-state index contributed by atoms with van der Waals surface area (Å²) in [7, 11) is 0. The highest BCUT2D eigenvalue weighted by Gasteiger charge is 2.23. The van der Waals surface area contributed by atoms with Gasteiger partial charge in [0.2, 0.25) is 11.8 Å². The monoisotopic (exact) mass is 390 g/mol. The Morgan fingerprint density at radius 1 is 1.21 bits per heavy atom. The number of hydrogen-bond acceptors (Lipinski definition) is 4. The first-order chi connectivity index (χ1) is 13.4. The predicted octanol–water partition coefficient (Wildman–Crippen LogP) is 2.66. The predicted molar refractivity (Wildman–Crippen MR) is 110 cm³/mol. The highest BCUT2D eigenvalue weighted by molar-refractivity contribution is 6.00. The Labute approximate surface area is 166 Å². The molecule has 0 bridgehead atoms. The van der Waals surface area contributed by atoms with Crippen LogP contribution < -0.4 is 16.4 Å². The molecule has 2 rings (SSSR count). The molecule has 1 aromatic rings. The SMILES string of the molecule is CCN(CC)C1CCC(NC/C=C/C(=O)Nc2ccc(C(N)=O)cc2F)CC1. The van der Waals surface area contributed by atoms with E-state index in [1.54, 1.807) is 6.08 Å². The summed E-state index contributed by atoms with van der Waals surface area (Å²) in [4.78, 5) is 25.5. The molecular formula is C21H31FN4O2. The summed E-state index contributed by atoms with van der Waals surface area (Å²) in [5.41, 5.74) is 5.18. The Hall–Kier alpha value is -2.25. The second kappa shape index (κ2) is 10.9. The molecule has 2 amide bonds. The van der Waals surface area contributed by atoms with Crippen LogP contribution in [0.25, 0.3) is 0 Å². The van der Waals surface area contributed by atoms with Gasteiger partial charge in [-0.2, -0.15) is 0 Å². The number of carbonyl (C=O) groups excluding carboxylic acids is 2. The average molecular weight is 391 g/mol. The number of amides is 2. The van der Waals surface area contributed by atoms with Gasteiger partial charge in [-0.1, -0.05) is 19.9 Å². The number of halogens is 1. The molecular weight excluding hydrogens is 359 g/mol. The summed E-state index contributed by atoms with van der Waals surface area (Å²) in [5.74, 6) is -1.83. The molecule has 4 N–H and O–H groups in total. The average Bonchev–Trinajstić information content (AvgIpc) is 2.68. The maximum Gasteiger partial charge on any atom is 0.248 e. The lowest BCUT2D eigenvalue weighted by atomic mass is 9.90. The van der Waals surface area contributed by atoms with Crippen LogP contribution >= 0.6 is 0 Å². The van der Waals surface area contributed by atoms with Crippen molar-refractivity contribution in [2.24, 2.45) is 5.73 Å². The van der Waals surface area contributed by atoms with Gasteiger partial charge in [0, 0.05) is 30.3 Å². The van der Waals surface area contributed by atoms with Crippen molar-refractivity contribution in [1.29, 1.82) is 0 Å². The quantitative estimate of drug-likeness (QED) is 0.566. The van der Waals surface area contributed by atoms with Crippen LogP contribution in [0.5, 0.6) is 0 Å². The minimum Gasteiger partial charge on any atom is -0.366 e. The van der Waals surface area contributed by atoms with Gasteiger partial charge >= 0.3 is 0 Å². The molecule has 0 heterocycles. The van der Waals surface area contributed by atoms with Crippen LogP contribution in [0.2, 0.25) is 0 Å². The number of nitrogens with zero attached hydrogens (tertiary/aromatic N) is 1. The fraction of sp³-hybridized carbons (Fsp3) is 0.524. The number of benzene rings is 1. The second-order valence-corrected chi connectivity index (χ2v) is 7.09. The first-order valence-corrected chi connectivity index (χ1v) is 9.98. The highest BCUT2D eigenvalue weighted by Crippen LogP contribution is 2.23. The standard InChI is InChI=1S/C21H31FN4O2/c1-3-26(4-2)17-10-8-16(9-11-17)24-13-5-6-20(27)25-19-12-7-15(21(23)28)14-18(19)22/h5-7,12,14,16-17,24H,3-4,8-11,13H2,1-2H3,(H2,23,28)(H,25,27)/b6-5+. The Balaban J connectivity index is 1.72. The van der Waals surface area contributed by atoms with Crippen LogP contribution in [0.1, 0.15) is 49.9 Å². The molecule has 1 aliphatic carbocycles. The van der Waals surface area contributed by atoms with Crippen LogP contribution in [0.4, 0.5) is 10.1 Å². The number of anilines is 1. The number of carbonyl (C=O) groups is 2. The minimum absolute atomic E-state index is 0.0161. The van der Waals surface area contributed by atoms with Crippen LogP contribution in [0.15, 0.2) is 30.4 Å². The first-order valence-electron chi connectivity index (χ1n) is 9.98. The Kier molecular flexibility index (Phi) is 8.60. The van der Waals surface area contributed by atoms with Crippen molar-refractivity contribution in [3.63, 3.8) is 0 Å². The normalized spacial score (nSPS) is 19.9. The van der Waals surface area contributed by atoms with Gasteiger partial charge in [0.15, 0.2) is 0 Å². The van der Waals surface area contributed by atoms with Gasteiger partial charge < -0.3 is 21.3 Å². The molecule has 0 spiro atoms. The lowest BCUT2D eigenvalue weighted by Gasteiger charge is -2.36. The van der Waals surface area contributed by atoms with Gasteiger partial charge in [0.05, 0.1) is 5.69 Å². The fourth-order valence-corrected chi connectivity index (χ4v) is 3.73. The van der Waals surface area contributed by atoms with Gasteiger partial charge in [0.1, 0.15) is 5.82 Å². The zero-order valence-electron chi connectivity index (χ0n) is 16.7. The highest BCUT2D eigenvalue weighted by atomic mass is 19.1. The summed E-state index contributed by atoms with van der Waals surface area (Å²) in [6, 6.07) is 4.87. The second-order valence-electron chi connectivity index (χ2n) is 7.09. The minimum atomic E-state index is -0.714. The van der Waals surface area contributed by atoms with E-state index in [0.29, 0.717) is 18.6 Å². The molecule has 7 heteroatoms. The van der Waals surface area contributed by atoms with Crippen LogP contribution in [0, 0.1) is 5.82 Å². The van der Waals surface area contributed by atoms with Crippen molar-refractivity contribution in [2.75, 3.05) is 25.0 Å². The topological polar surface area (TPSA) is 87.5 Å². The van der Waals surface area contributed by atoms with Gasteiger partial charge in [-0.15, -0.1) is 0 Å². The van der Waals surface area contributed by atoms with E-state index in [4.69, 9.17) is 5.73 Å². The summed E-state index contributed by atoms with van der Waals surface area (Å²) in [5, 5.41) is 5.92. The van der Waals surface area contributed by atoms with E-state index in [0.717, 1.165) is 32.0 Å². The van der Waals surface area contributed by atoms with E-state index in [2.05, 4.69) is 29.4 Å². The Morgan fingerprint density at radius 3 is 2.46 bits per heavy atom. The molecule has 1 aliphatic rings. The van der Waals surface area contributed by atoms with E-state index < -0.39 is 17.6 Å². The Bertz CT molecular complexity index is 696.